The second-order valence-corrected chi connectivity index (χ2v) is 9.96. The summed E-state index contributed by atoms with van der Waals surface area (Å²) in [5, 5.41) is 36.5. The van der Waals surface area contributed by atoms with E-state index in [0.29, 0.717) is 0 Å². The second-order valence-electron chi connectivity index (χ2n) is 8.67. The molecule has 1 aliphatic rings. The number of aromatic nitrogens is 6. The maximum Gasteiger partial charge on any atom is 0.573 e. The van der Waals surface area contributed by atoms with Gasteiger partial charge in [0.15, 0.2) is 23.2 Å². The van der Waals surface area contributed by atoms with E-state index in [1.165, 1.54) is 39.7 Å². The number of ether oxygens (including phenoxy) is 2. The van der Waals surface area contributed by atoms with Gasteiger partial charge in [0.05, 0.1) is 29.0 Å². The van der Waals surface area contributed by atoms with E-state index in [0.717, 1.165) is 12.4 Å². The van der Waals surface area contributed by atoms with Gasteiger partial charge in [0.25, 0.3) is 0 Å². The fourth-order valence-corrected chi connectivity index (χ4v) is 4.83. The molecule has 0 bridgehead atoms. The van der Waals surface area contributed by atoms with Crippen LogP contribution in [0.25, 0.3) is 16.9 Å². The third-order valence-electron chi connectivity index (χ3n) is 6.18. The Balaban J connectivity index is 1.50. The molecule has 4 atom stereocenters. The Labute approximate surface area is 235 Å². The van der Waals surface area contributed by atoms with Crippen molar-refractivity contribution in [3.63, 3.8) is 0 Å². The summed E-state index contributed by atoms with van der Waals surface area (Å²) in [7, 11) is 0. The zero-order valence-electron chi connectivity index (χ0n) is 19.8. The Bertz CT molecular complexity index is 1540. The number of benzene rings is 2. The van der Waals surface area contributed by atoms with Gasteiger partial charge in [-0.15, -0.1) is 28.5 Å². The van der Waals surface area contributed by atoms with Crippen molar-refractivity contribution in [2.75, 3.05) is 6.61 Å². The first kappa shape index (κ1) is 28.4. The first-order valence-electron chi connectivity index (χ1n) is 11.4. The van der Waals surface area contributed by atoms with Gasteiger partial charge in [-0.25, -0.2) is 13.5 Å². The van der Waals surface area contributed by atoms with Crippen molar-refractivity contribution in [1.82, 2.24) is 29.8 Å². The van der Waals surface area contributed by atoms with Crippen LogP contribution in [0.15, 0.2) is 47.3 Å². The molecule has 0 amide bonds. The Hall–Kier alpha value is -3.18. The number of aliphatic hydroxyl groups is 2. The van der Waals surface area contributed by atoms with Crippen LogP contribution < -0.4 is 4.74 Å². The van der Waals surface area contributed by atoms with Gasteiger partial charge >= 0.3 is 6.36 Å². The van der Waals surface area contributed by atoms with Gasteiger partial charge in [-0.2, -0.15) is 0 Å². The average Bonchev–Trinajstić information content (AvgIpc) is 3.58. The molecule has 5 rings (SSSR count). The van der Waals surface area contributed by atoms with Gasteiger partial charge in [-0.05, 0) is 46.3 Å². The molecule has 2 aromatic carbocycles. The highest BCUT2D eigenvalue weighted by Gasteiger charge is 2.42. The smallest absolute Gasteiger partial charge is 0.404 e. The van der Waals surface area contributed by atoms with E-state index in [4.69, 9.17) is 16.3 Å². The van der Waals surface area contributed by atoms with Gasteiger partial charge in [0, 0.05) is 17.0 Å². The number of alkyl halides is 3. The van der Waals surface area contributed by atoms with Crippen LogP contribution in [0.3, 0.4) is 0 Å². The molecular formula is C23H17BrClF5N6O4. The fourth-order valence-electron chi connectivity index (χ4n) is 4.36. The standard InChI is InChI=1S/C23H17BrClF5N6O4/c24-12-3-2-11(19(26)20(12)27)13-7-36(34-32-13)15-6-17(39-18(8-37)21(15)38)22-33-31-9-35(22)14-5-10(25)1-4-16(14)40-23(28,29)30/h1-5,7,9,15,17-18,21,37-38H,6,8H2. The number of rotatable bonds is 6. The predicted octanol–water partition coefficient (Wildman–Crippen LogP) is 4.54. The first-order valence-corrected chi connectivity index (χ1v) is 12.6. The Kier molecular flexibility index (Phi) is 7.80. The first-order chi connectivity index (χ1) is 19.0. The highest BCUT2D eigenvalue weighted by atomic mass is 79.9. The summed E-state index contributed by atoms with van der Waals surface area (Å²) in [6.45, 7) is -0.643. The van der Waals surface area contributed by atoms with Gasteiger partial charge < -0.3 is 19.7 Å². The Morgan fingerprint density at radius 1 is 1.15 bits per heavy atom. The van der Waals surface area contributed by atoms with Crippen molar-refractivity contribution in [3.8, 4) is 22.7 Å². The lowest BCUT2D eigenvalue weighted by Gasteiger charge is -2.38. The van der Waals surface area contributed by atoms with E-state index < -0.39 is 54.7 Å². The van der Waals surface area contributed by atoms with Crippen LogP contribution in [0.1, 0.15) is 24.4 Å². The van der Waals surface area contributed by atoms with Crippen molar-refractivity contribution in [2.24, 2.45) is 0 Å². The maximum absolute atomic E-state index is 14.5. The van der Waals surface area contributed by atoms with Crippen molar-refractivity contribution in [2.45, 2.75) is 37.1 Å². The topological polar surface area (TPSA) is 120 Å². The minimum absolute atomic E-state index is 0.00556. The summed E-state index contributed by atoms with van der Waals surface area (Å²) in [6.07, 6.45) is -6.24. The van der Waals surface area contributed by atoms with Crippen molar-refractivity contribution in [3.05, 3.63) is 69.8 Å². The molecule has 4 unspecified atom stereocenters. The molecule has 212 valence electrons. The summed E-state index contributed by atoms with van der Waals surface area (Å²) in [5.41, 5.74) is -0.357. The maximum atomic E-state index is 14.5. The van der Waals surface area contributed by atoms with E-state index in [9.17, 15) is 32.2 Å². The van der Waals surface area contributed by atoms with E-state index in [1.807, 2.05) is 0 Å². The average molecular weight is 652 g/mol. The number of nitrogens with zero attached hydrogens (tertiary/aromatic N) is 6. The highest BCUT2D eigenvalue weighted by molar-refractivity contribution is 9.10. The lowest BCUT2D eigenvalue weighted by Crippen LogP contribution is -2.45. The molecule has 0 spiro atoms. The second kappa shape index (κ2) is 11.0. The molecule has 0 saturated carbocycles. The van der Waals surface area contributed by atoms with Crippen molar-refractivity contribution in [1.29, 1.82) is 0 Å². The molecule has 3 heterocycles. The van der Waals surface area contributed by atoms with Crippen LogP contribution in [-0.4, -0.2) is 65.1 Å². The summed E-state index contributed by atoms with van der Waals surface area (Å²) in [6, 6.07) is 5.11. The molecule has 1 fully saturated rings. The highest BCUT2D eigenvalue weighted by Crippen LogP contribution is 2.40. The third-order valence-corrected chi connectivity index (χ3v) is 7.03. The quantitative estimate of drug-likeness (QED) is 0.230. The lowest BCUT2D eigenvalue weighted by atomic mass is 9.95. The molecule has 1 aliphatic heterocycles. The summed E-state index contributed by atoms with van der Waals surface area (Å²) < 4.78 is 80.0. The minimum Gasteiger partial charge on any atom is -0.404 e. The third kappa shape index (κ3) is 5.54. The van der Waals surface area contributed by atoms with Crippen molar-refractivity contribution < 1.29 is 41.6 Å². The summed E-state index contributed by atoms with van der Waals surface area (Å²) in [5.74, 6) is -2.86. The molecule has 2 N–H and O–H groups in total. The van der Waals surface area contributed by atoms with Crippen LogP contribution in [0.2, 0.25) is 5.02 Å². The molecule has 1 saturated heterocycles. The largest absolute Gasteiger partial charge is 0.573 e. The molecule has 17 heteroatoms. The normalized spacial score (nSPS) is 21.5. The van der Waals surface area contributed by atoms with E-state index in [1.54, 1.807) is 0 Å². The van der Waals surface area contributed by atoms with E-state index in [-0.39, 0.29) is 38.7 Å². The fraction of sp³-hybridized carbons (Fsp3) is 0.304. The molecule has 4 aromatic rings. The number of halogens is 7. The molecular weight excluding hydrogens is 635 g/mol. The van der Waals surface area contributed by atoms with E-state index >= 15 is 0 Å². The predicted molar refractivity (Wildman–Crippen MR) is 130 cm³/mol. The van der Waals surface area contributed by atoms with Crippen LogP contribution >= 0.6 is 27.5 Å². The molecule has 2 aromatic heterocycles. The molecule has 10 nitrogen and oxygen atoms in total. The Morgan fingerprint density at radius 3 is 2.65 bits per heavy atom. The van der Waals surface area contributed by atoms with Crippen LogP contribution in [0.5, 0.6) is 5.75 Å². The zero-order chi connectivity index (χ0) is 28.8. The minimum atomic E-state index is -5.00. The Morgan fingerprint density at radius 2 is 1.93 bits per heavy atom. The lowest BCUT2D eigenvalue weighted by molar-refractivity contribution is -0.274. The van der Waals surface area contributed by atoms with E-state index in [2.05, 4.69) is 41.2 Å². The van der Waals surface area contributed by atoms with Gasteiger partial charge in [0.2, 0.25) is 0 Å². The van der Waals surface area contributed by atoms with Crippen LogP contribution in [0, 0.1) is 11.6 Å². The SMILES string of the molecule is OCC1OC(c2nncn2-c2cc(Cl)ccc2OC(F)(F)F)CC(n2cc(-c3ccc(Br)c(F)c3F)nn2)C1O. The molecule has 40 heavy (non-hydrogen) atoms. The van der Waals surface area contributed by atoms with Gasteiger partial charge in [-0.1, -0.05) is 16.8 Å². The molecule has 0 aliphatic carbocycles. The van der Waals surface area contributed by atoms with Crippen molar-refractivity contribution >= 4 is 27.5 Å². The number of aliphatic hydroxyl groups excluding tert-OH is 2. The monoisotopic (exact) mass is 650 g/mol. The van der Waals surface area contributed by atoms with Gasteiger partial charge in [-0.3, -0.25) is 4.57 Å². The van der Waals surface area contributed by atoms with Gasteiger partial charge in [0.1, 0.15) is 30.3 Å². The molecule has 0 radical (unpaired) electrons. The summed E-state index contributed by atoms with van der Waals surface area (Å²) >= 11 is 8.94. The zero-order valence-corrected chi connectivity index (χ0v) is 22.1. The van der Waals surface area contributed by atoms with Crippen LogP contribution in [-0.2, 0) is 4.74 Å². The number of hydrogen-bond donors (Lipinski definition) is 2. The summed E-state index contributed by atoms with van der Waals surface area (Å²) in [4.78, 5) is 0. The van der Waals surface area contributed by atoms with Crippen LogP contribution in [0.4, 0.5) is 22.0 Å². The number of hydrogen-bond acceptors (Lipinski definition) is 8.